The number of thioether (sulfide) groups is 1. The van der Waals surface area contributed by atoms with Crippen LogP contribution in [0.25, 0.3) is 0 Å². The maximum absolute atomic E-state index is 12.8. The summed E-state index contributed by atoms with van der Waals surface area (Å²) in [6, 6.07) is 3.75. The molecular formula is C18H25NO3S. The molecule has 1 aliphatic rings. The second-order valence-electron chi connectivity index (χ2n) is 5.98. The van der Waals surface area contributed by atoms with Crippen molar-refractivity contribution in [2.45, 2.75) is 40.2 Å². The Balaban J connectivity index is 2.16. The molecule has 1 fully saturated rings. The van der Waals surface area contributed by atoms with Crippen molar-refractivity contribution in [1.82, 2.24) is 4.90 Å². The van der Waals surface area contributed by atoms with Gasteiger partial charge in [-0.2, -0.15) is 11.8 Å². The summed E-state index contributed by atoms with van der Waals surface area (Å²) in [5, 5.41) is 0. The molecule has 1 aromatic carbocycles. The number of aryl methyl sites for hydroxylation is 3. The molecule has 1 heterocycles. The van der Waals surface area contributed by atoms with Gasteiger partial charge in [-0.15, -0.1) is 0 Å². The number of amides is 1. The van der Waals surface area contributed by atoms with Gasteiger partial charge in [0.2, 0.25) is 5.91 Å². The Morgan fingerprint density at radius 1 is 1.26 bits per heavy atom. The van der Waals surface area contributed by atoms with Gasteiger partial charge in [0.15, 0.2) is 0 Å². The highest BCUT2D eigenvalue weighted by Gasteiger charge is 2.33. The van der Waals surface area contributed by atoms with Crippen molar-refractivity contribution in [3.8, 4) is 0 Å². The highest BCUT2D eigenvalue weighted by molar-refractivity contribution is 7.99. The lowest BCUT2D eigenvalue weighted by molar-refractivity contribution is -0.153. The molecule has 2 rings (SSSR count). The molecule has 1 amide bonds. The zero-order valence-corrected chi connectivity index (χ0v) is 15.2. The van der Waals surface area contributed by atoms with Crippen LogP contribution in [0.1, 0.15) is 29.2 Å². The number of esters is 1. The Hall–Kier alpha value is -1.49. The lowest BCUT2D eigenvalue weighted by Crippen LogP contribution is -2.51. The third-order valence-electron chi connectivity index (χ3n) is 4.18. The summed E-state index contributed by atoms with van der Waals surface area (Å²) in [5.41, 5.74) is 4.54. The van der Waals surface area contributed by atoms with Gasteiger partial charge >= 0.3 is 5.97 Å². The van der Waals surface area contributed by atoms with Crippen LogP contribution >= 0.6 is 11.8 Å². The topological polar surface area (TPSA) is 46.6 Å². The molecule has 0 spiro atoms. The Morgan fingerprint density at radius 2 is 1.91 bits per heavy atom. The van der Waals surface area contributed by atoms with Crippen molar-refractivity contribution < 1.29 is 14.3 Å². The fraction of sp³-hybridized carbons (Fsp3) is 0.556. The number of carbonyl (C=O) groups is 2. The van der Waals surface area contributed by atoms with Gasteiger partial charge in [0.05, 0.1) is 13.0 Å². The molecule has 1 saturated heterocycles. The average Bonchev–Trinajstić information content (AvgIpc) is 2.51. The van der Waals surface area contributed by atoms with E-state index >= 15 is 0 Å². The number of nitrogens with zero attached hydrogens (tertiary/aromatic N) is 1. The van der Waals surface area contributed by atoms with E-state index in [1.54, 1.807) is 23.6 Å². The van der Waals surface area contributed by atoms with Crippen molar-refractivity contribution in [2.75, 3.05) is 24.7 Å². The van der Waals surface area contributed by atoms with Gasteiger partial charge in [-0.1, -0.05) is 17.7 Å². The molecule has 0 saturated carbocycles. The van der Waals surface area contributed by atoms with Gasteiger partial charge in [0.1, 0.15) is 6.04 Å². The van der Waals surface area contributed by atoms with Gasteiger partial charge < -0.3 is 9.64 Å². The molecule has 0 aromatic heterocycles. The van der Waals surface area contributed by atoms with Crippen LogP contribution in [0.3, 0.4) is 0 Å². The number of hydrogen-bond acceptors (Lipinski definition) is 4. The summed E-state index contributed by atoms with van der Waals surface area (Å²) < 4.78 is 5.13. The first kappa shape index (κ1) is 17.9. The molecule has 0 N–H and O–H groups in total. The zero-order valence-electron chi connectivity index (χ0n) is 14.3. The predicted molar refractivity (Wildman–Crippen MR) is 93.8 cm³/mol. The van der Waals surface area contributed by atoms with Crippen molar-refractivity contribution >= 4 is 23.6 Å². The molecule has 0 radical (unpaired) electrons. The van der Waals surface area contributed by atoms with Gasteiger partial charge in [-0.05, 0) is 44.4 Å². The molecular weight excluding hydrogens is 310 g/mol. The van der Waals surface area contributed by atoms with Crippen LogP contribution in [0.5, 0.6) is 0 Å². The first-order valence-electron chi connectivity index (χ1n) is 8.04. The average molecular weight is 335 g/mol. The Morgan fingerprint density at radius 3 is 2.52 bits per heavy atom. The fourth-order valence-electron chi connectivity index (χ4n) is 3.08. The quantitative estimate of drug-likeness (QED) is 0.794. The van der Waals surface area contributed by atoms with Gasteiger partial charge in [0, 0.05) is 18.1 Å². The van der Waals surface area contributed by atoms with Crippen LogP contribution < -0.4 is 0 Å². The van der Waals surface area contributed by atoms with Crippen LogP contribution in [0.4, 0.5) is 0 Å². The second-order valence-corrected chi connectivity index (χ2v) is 7.13. The van der Waals surface area contributed by atoms with E-state index < -0.39 is 6.04 Å². The third kappa shape index (κ3) is 4.28. The maximum Gasteiger partial charge on any atom is 0.329 e. The molecule has 1 aliphatic heterocycles. The van der Waals surface area contributed by atoms with E-state index in [0.29, 0.717) is 25.3 Å². The van der Waals surface area contributed by atoms with Gasteiger partial charge in [0.25, 0.3) is 0 Å². The molecule has 4 nitrogen and oxygen atoms in total. The van der Waals surface area contributed by atoms with Crippen molar-refractivity contribution in [3.05, 3.63) is 34.4 Å². The number of benzene rings is 1. The zero-order chi connectivity index (χ0) is 17.0. The first-order valence-corrected chi connectivity index (χ1v) is 9.20. The summed E-state index contributed by atoms with van der Waals surface area (Å²) >= 11 is 1.70. The minimum atomic E-state index is -0.452. The van der Waals surface area contributed by atoms with E-state index in [1.807, 2.05) is 13.8 Å². The minimum absolute atomic E-state index is 0.0124. The third-order valence-corrected chi connectivity index (χ3v) is 5.20. The molecule has 1 unspecified atom stereocenters. The van der Waals surface area contributed by atoms with Crippen molar-refractivity contribution in [1.29, 1.82) is 0 Å². The second kappa shape index (κ2) is 7.86. The lowest BCUT2D eigenvalue weighted by atomic mass is 9.96. The lowest BCUT2D eigenvalue weighted by Gasteiger charge is -2.34. The van der Waals surface area contributed by atoms with E-state index in [0.717, 1.165) is 22.4 Å². The largest absolute Gasteiger partial charge is 0.464 e. The normalized spacial score (nSPS) is 17.9. The number of ether oxygens (including phenoxy) is 1. The molecule has 1 aromatic rings. The highest BCUT2D eigenvalue weighted by atomic mass is 32.2. The smallest absolute Gasteiger partial charge is 0.329 e. The molecule has 5 heteroatoms. The van der Waals surface area contributed by atoms with Crippen molar-refractivity contribution in [3.63, 3.8) is 0 Å². The predicted octanol–water partition coefficient (Wildman–Crippen LogP) is 2.66. The molecule has 0 bridgehead atoms. The Bertz CT molecular complexity index is 577. The maximum atomic E-state index is 12.8. The monoisotopic (exact) mass is 335 g/mol. The van der Waals surface area contributed by atoms with E-state index in [9.17, 15) is 9.59 Å². The van der Waals surface area contributed by atoms with Crippen LogP contribution in [0.2, 0.25) is 0 Å². The van der Waals surface area contributed by atoms with Gasteiger partial charge in [-0.3, -0.25) is 4.79 Å². The number of rotatable bonds is 4. The molecule has 1 atom stereocenters. The highest BCUT2D eigenvalue weighted by Crippen LogP contribution is 2.22. The summed E-state index contributed by atoms with van der Waals surface area (Å²) in [7, 11) is 0. The molecule has 0 aliphatic carbocycles. The Kier molecular flexibility index (Phi) is 6.10. The van der Waals surface area contributed by atoms with E-state index in [1.165, 1.54) is 5.56 Å². The molecule has 126 valence electrons. The molecule has 23 heavy (non-hydrogen) atoms. The van der Waals surface area contributed by atoms with Crippen LogP contribution in [-0.4, -0.2) is 47.5 Å². The number of carbonyl (C=O) groups excluding carboxylic acids is 2. The van der Waals surface area contributed by atoms with E-state index in [4.69, 9.17) is 4.74 Å². The van der Waals surface area contributed by atoms with Crippen LogP contribution in [0, 0.1) is 20.8 Å². The number of hydrogen-bond donors (Lipinski definition) is 0. The summed E-state index contributed by atoms with van der Waals surface area (Å²) in [5.74, 6) is 1.22. The van der Waals surface area contributed by atoms with Crippen molar-refractivity contribution in [2.24, 2.45) is 0 Å². The summed E-state index contributed by atoms with van der Waals surface area (Å²) in [6.45, 7) is 8.88. The summed E-state index contributed by atoms with van der Waals surface area (Å²) in [4.78, 5) is 26.6. The van der Waals surface area contributed by atoms with Crippen LogP contribution in [-0.2, 0) is 20.7 Å². The first-order chi connectivity index (χ1) is 10.9. The summed E-state index contributed by atoms with van der Waals surface area (Å²) in [6.07, 6.45) is 0.346. The van der Waals surface area contributed by atoms with Gasteiger partial charge in [-0.25, -0.2) is 4.79 Å². The SMILES string of the molecule is CCOC(=O)C1CSCCN1C(=O)Cc1c(C)cc(C)cc1C. The van der Waals surface area contributed by atoms with Crippen LogP contribution in [0.15, 0.2) is 12.1 Å². The fourth-order valence-corrected chi connectivity index (χ4v) is 4.11. The minimum Gasteiger partial charge on any atom is -0.464 e. The van der Waals surface area contributed by atoms with E-state index in [2.05, 4.69) is 19.1 Å². The van der Waals surface area contributed by atoms with E-state index in [-0.39, 0.29) is 11.9 Å². The standard InChI is InChI=1S/C18H25NO3S/c1-5-22-18(21)16-11-23-7-6-19(16)17(20)10-15-13(3)8-12(2)9-14(15)4/h8-9,16H,5-7,10-11H2,1-4H3. The Labute approximate surface area is 142 Å².